The highest BCUT2D eigenvalue weighted by Gasteiger charge is 2.11. The van der Waals surface area contributed by atoms with E-state index < -0.39 is 0 Å². The van der Waals surface area contributed by atoms with E-state index in [0.717, 1.165) is 77.9 Å². The summed E-state index contributed by atoms with van der Waals surface area (Å²) in [5.41, 5.74) is 11.4. The maximum absolute atomic E-state index is 11.9. The van der Waals surface area contributed by atoms with Crippen molar-refractivity contribution in [2.24, 2.45) is 11.5 Å². The van der Waals surface area contributed by atoms with Crippen molar-refractivity contribution in [3.63, 3.8) is 0 Å². The van der Waals surface area contributed by atoms with Crippen LogP contribution in [0.4, 0.5) is 0 Å². The topological polar surface area (TPSA) is 117 Å². The van der Waals surface area contributed by atoms with Gasteiger partial charge in [0.1, 0.15) is 0 Å². The van der Waals surface area contributed by atoms with Crippen LogP contribution < -0.4 is 32.7 Å². The standard InChI is InChI=1S/C20H46N6O/c1-2-3-12-23-13-5-4-10-19(22)20(27)26-18-9-17-25-15-7-6-14-24-16-8-11-21/h19,23-25H,2-18,21-22H2,1H3,(H,26,27)/t19-/m0/s1. The molecule has 7 nitrogen and oxygen atoms in total. The van der Waals surface area contributed by atoms with Crippen LogP contribution >= 0.6 is 0 Å². The molecule has 0 bridgehead atoms. The van der Waals surface area contributed by atoms with Crippen LogP contribution in [0.3, 0.4) is 0 Å². The minimum absolute atomic E-state index is 0.0162. The van der Waals surface area contributed by atoms with E-state index in [4.69, 9.17) is 11.5 Å². The highest BCUT2D eigenvalue weighted by molar-refractivity contribution is 5.81. The number of amides is 1. The summed E-state index contributed by atoms with van der Waals surface area (Å²) in [5.74, 6) is -0.0162. The molecule has 0 radical (unpaired) electrons. The van der Waals surface area contributed by atoms with E-state index >= 15 is 0 Å². The molecule has 0 unspecified atom stereocenters. The number of rotatable bonds is 21. The molecule has 0 aromatic rings. The second kappa shape index (κ2) is 21.6. The third-order valence-corrected chi connectivity index (χ3v) is 4.51. The van der Waals surface area contributed by atoms with Gasteiger partial charge in [0, 0.05) is 6.54 Å². The molecule has 0 aromatic heterocycles. The first-order valence-electron chi connectivity index (χ1n) is 11.1. The van der Waals surface area contributed by atoms with E-state index in [1.54, 1.807) is 0 Å². The van der Waals surface area contributed by atoms with Gasteiger partial charge >= 0.3 is 0 Å². The monoisotopic (exact) mass is 386 g/mol. The Labute approximate surface area is 167 Å². The summed E-state index contributed by atoms with van der Waals surface area (Å²) in [6.45, 7) is 9.78. The Balaban J connectivity index is 3.30. The van der Waals surface area contributed by atoms with E-state index in [0.29, 0.717) is 6.54 Å². The third-order valence-electron chi connectivity index (χ3n) is 4.51. The Bertz CT molecular complexity index is 317. The lowest BCUT2D eigenvalue weighted by Gasteiger charge is -2.12. The lowest BCUT2D eigenvalue weighted by Crippen LogP contribution is -2.41. The van der Waals surface area contributed by atoms with E-state index in [1.807, 2.05) is 0 Å². The third kappa shape index (κ3) is 19.8. The summed E-state index contributed by atoms with van der Waals surface area (Å²) in [6.07, 6.45) is 9.62. The molecule has 8 N–H and O–H groups in total. The van der Waals surface area contributed by atoms with Crippen molar-refractivity contribution in [1.29, 1.82) is 0 Å². The van der Waals surface area contributed by atoms with Crippen molar-refractivity contribution in [3.8, 4) is 0 Å². The molecule has 0 rings (SSSR count). The summed E-state index contributed by atoms with van der Waals surface area (Å²) in [5, 5.41) is 13.1. The number of nitrogens with one attached hydrogen (secondary N) is 4. The number of unbranched alkanes of at least 4 members (excludes halogenated alkanes) is 3. The summed E-state index contributed by atoms with van der Waals surface area (Å²) >= 11 is 0. The van der Waals surface area contributed by atoms with Crippen LogP contribution in [0.5, 0.6) is 0 Å². The molecule has 0 spiro atoms. The molecule has 0 aliphatic heterocycles. The van der Waals surface area contributed by atoms with Gasteiger partial charge in [-0.25, -0.2) is 0 Å². The van der Waals surface area contributed by atoms with Crippen LogP contribution in [-0.4, -0.2) is 64.3 Å². The maximum atomic E-state index is 11.9. The second-order valence-electron chi connectivity index (χ2n) is 7.20. The summed E-state index contributed by atoms with van der Waals surface area (Å²) in [7, 11) is 0. The van der Waals surface area contributed by atoms with E-state index in [2.05, 4.69) is 28.2 Å². The van der Waals surface area contributed by atoms with Crippen molar-refractivity contribution in [1.82, 2.24) is 21.3 Å². The Hall–Kier alpha value is -0.730. The zero-order valence-electron chi connectivity index (χ0n) is 17.7. The molecule has 0 fully saturated rings. The summed E-state index contributed by atoms with van der Waals surface area (Å²) in [4.78, 5) is 11.9. The lowest BCUT2D eigenvalue weighted by molar-refractivity contribution is -0.122. The quantitative estimate of drug-likeness (QED) is 0.162. The van der Waals surface area contributed by atoms with Crippen molar-refractivity contribution >= 4 is 5.91 Å². The lowest BCUT2D eigenvalue weighted by atomic mass is 10.1. The van der Waals surface area contributed by atoms with E-state index in [-0.39, 0.29) is 11.9 Å². The molecule has 1 amide bonds. The molecule has 27 heavy (non-hydrogen) atoms. The molecule has 0 aliphatic rings. The maximum Gasteiger partial charge on any atom is 0.236 e. The van der Waals surface area contributed by atoms with Crippen molar-refractivity contribution in [2.75, 3.05) is 52.4 Å². The van der Waals surface area contributed by atoms with Gasteiger partial charge in [-0.1, -0.05) is 19.8 Å². The highest BCUT2D eigenvalue weighted by atomic mass is 16.2. The summed E-state index contributed by atoms with van der Waals surface area (Å²) in [6, 6.07) is -0.375. The number of hydrogen-bond donors (Lipinski definition) is 6. The molecule has 0 aromatic carbocycles. The normalized spacial score (nSPS) is 12.3. The van der Waals surface area contributed by atoms with Gasteiger partial charge in [0.15, 0.2) is 0 Å². The average molecular weight is 387 g/mol. The van der Waals surface area contributed by atoms with Gasteiger partial charge in [-0.15, -0.1) is 0 Å². The molecule has 0 aliphatic carbocycles. The van der Waals surface area contributed by atoms with Crippen LogP contribution in [0.15, 0.2) is 0 Å². The molecular weight excluding hydrogens is 340 g/mol. The number of carbonyl (C=O) groups excluding carboxylic acids is 1. The fourth-order valence-electron chi connectivity index (χ4n) is 2.71. The second-order valence-corrected chi connectivity index (χ2v) is 7.20. The highest BCUT2D eigenvalue weighted by Crippen LogP contribution is 1.99. The van der Waals surface area contributed by atoms with E-state index in [9.17, 15) is 4.79 Å². The zero-order chi connectivity index (χ0) is 20.0. The Morgan fingerprint density at radius 2 is 1.26 bits per heavy atom. The van der Waals surface area contributed by atoms with Gasteiger partial charge in [-0.05, 0) is 90.8 Å². The average Bonchev–Trinajstić information content (AvgIpc) is 2.67. The van der Waals surface area contributed by atoms with Crippen LogP contribution in [0.2, 0.25) is 0 Å². The smallest absolute Gasteiger partial charge is 0.236 e. The molecule has 0 heterocycles. The summed E-state index contributed by atoms with van der Waals surface area (Å²) < 4.78 is 0. The Kier molecular flexibility index (Phi) is 21.0. The molecular formula is C20H46N6O. The minimum atomic E-state index is -0.375. The molecule has 0 saturated carbocycles. The van der Waals surface area contributed by atoms with Gasteiger partial charge < -0.3 is 32.7 Å². The molecule has 7 heteroatoms. The number of hydrogen-bond acceptors (Lipinski definition) is 6. The van der Waals surface area contributed by atoms with Gasteiger partial charge in [-0.2, -0.15) is 0 Å². The van der Waals surface area contributed by atoms with Crippen molar-refractivity contribution < 1.29 is 4.79 Å². The van der Waals surface area contributed by atoms with Crippen molar-refractivity contribution in [2.45, 2.75) is 70.8 Å². The Morgan fingerprint density at radius 3 is 1.85 bits per heavy atom. The van der Waals surface area contributed by atoms with E-state index in [1.165, 1.54) is 25.7 Å². The first kappa shape index (κ1) is 26.3. The molecule has 0 saturated heterocycles. The molecule has 162 valence electrons. The number of carbonyl (C=O) groups is 1. The van der Waals surface area contributed by atoms with Crippen LogP contribution in [-0.2, 0) is 4.79 Å². The van der Waals surface area contributed by atoms with Gasteiger partial charge in [0.05, 0.1) is 6.04 Å². The SMILES string of the molecule is CCCCNCCCC[C@H](N)C(=O)NCCCNCCCCNCCCN. The van der Waals surface area contributed by atoms with Crippen molar-refractivity contribution in [3.05, 3.63) is 0 Å². The fourth-order valence-corrected chi connectivity index (χ4v) is 2.71. The predicted molar refractivity (Wildman–Crippen MR) is 116 cm³/mol. The predicted octanol–water partition coefficient (Wildman–Crippen LogP) is 0.688. The van der Waals surface area contributed by atoms with Gasteiger partial charge in [-0.3, -0.25) is 4.79 Å². The van der Waals surface area contributed by atoms with Gasteiger partial charge in [0.2, 0.25) is 5.91 Å². The van der Waals surface area contributed by atoms with Crippen LogP contribution in [0.1, 0.15) is 64.7 Å². The van der Waals surface area contributed by atoms with Crippen LogP contribution in [0, 0.1) is 0 Å². The van der Waals surface area contributed by atoms with Crippen LogP contribution in [0.25, 0.3) is 0 Å². The first-order valence-corrected chi connectivity index (χ1v) is 11.1. The van der Waals surface area contributed by atoms with Gasteiger partial charge in [0.25, 0.3) is 0 Å². The number of nitrogens with two attached hydrogens (primary N) is 2. The Morgan fingerprint density at radius 1 is 0.741 bits per heavy atom. The largest absolute Gasteiger partial charge is 0.355 e. The minimum Gasteiger partial charge on any atom is -0.355 e. The fraction of sp³-hybridized carbons (Fsp3) is 0.950. The first-order chi connectivity index (χ1) is 13.2. The molecule has 1 atom stereocenters. The zero-order valence-corrected chi connectivity index (χ0v) is 17.7.